The maximum absolute atomic E-state index is 13.6. The summed E-state index contributed by atoms with van der Waals surface area (Å²) in [5.41, 5.74) is 1.78. The van der Waals surface area contributed by atoms with E-state index in [4.69, 9.17) is 9.72 Å². The summed E-state index contributed by atoms with van der Waals surface area (Å²) in [6, 6.07) is 11.7. The van der Waals surface area contributed by atoms with E-state index in [9.17, 15) is 20.0 Å². The fourth-order valence-electron chi connectivity index (χ4n) is 4.01. The molecule has 0 bridgehead atoms. The van der Waals surface area contributed by atoms with E-state index in [0.717, 1.165) is 0 Å². The lowest BCUT2D eigenvalue weighted by Crippen LogP contribution is -2.34. The lowest BCUT2D eigenvalue weighted by molar-refractivity contribution is 0.138. The van der Waals surface area contributed by atoms with Crippen LogP contribution in [0, 0.1) is 18.3 Å². The van der Waals surface area contributed by atoms with Gasteiger partial charge in [-0.25, -0.2) is 9.78 Å². The van der Waals surface area contributed by atoms with E-state index in [1.807, 2.05) is 0 Å². The number of methoxy groups -OCH3 is 1. The van der Waals surface area contributed by atoms with E-state index in [0.29, 0.717) is 58.7 Å². The molecule has 1 saturated heterocycles. The van der Waals surface area contributed by atoms with Crippen molar-refractivity contribution in [1.82, 2.24) is 14.5 Å². The first-order valence-electron chi connectivity index (χ1n) is 9.56. The van der Waals surface area contributed by atoms with Gasteiger partial charge in [0, 0.05) is 6.54 Å². The maximum atomic E-state index is 13.6. The Bertz CT molecular complexity index is 1240. The summed E-state index contributed by atoms with van der Waals surface area (Å²) in [6.45, 7) is 2.18. The highest BCUT2D eigenvalue weighted by atomic mass is 16.5. The largest absolute Gasteiger partial charge is 0.497 e. The van der Waals surface area contributed by atoms with Crippen LogP contribution >= 0.6 is 0 Å². The number of rotatable bonds is 3. The molecule has 8 nitrogen and oxygen atoms in total. The molecule has 1 amide bonds. The summed E-state index contributed by atoms with van der Waals surface area (Å²) in [6.07, 6.45) is 0.236. The number of nitrogens with zero attached hydrogens (tertiary/aromatic N) is 4. The average Bonchev–Trinajstić information content (AvgIpc) is 3.24. The van der Waals surface area contributed by atoms with Crippen LogP contribution in [0.1, 0.15) is 35.8 Å². The number of aromatic nitrogens is 2. The minimum absolute atomic E-state index is 0.325. The Morgan fingerprint density at radius 1 is 1.30 bits per heavy atom. The fourth-order valence-corrected chi connectivity index (χ4v) is 4.01. The number of ether oxygens (including phenoxy) is 1. The van der Waals surface area contributed by atoms with Gasteiger partial charge in [0.2, 0.25) is 0 Å². The Morgan fingerprint density at radius 3 is 2.67 bits per heavy atom. The van der Waals surface area contributed by atoms with Crippen molar-refractivity contribution in [1.29, 1.82) is 5.26 Å². The molecule has 2 aromatic carbocycles. The molecule has 0 unspecified atom stereocenters. The Labute approximate surface area is 172 Å². The minimum atomic E-state index is -1.04. The zero-order valence-corrected chi connectivity index (χ0v) is 16.6. The van der Waals surface area contributed by atoms with Crippen molar-refractivity contribution in [2.45, 2.75) is 25.8 Å². The Kier molecular flexibility index (Phi) is 4.88. The van der Waals surface area contributed by atoms with Crippen LogP contribution in [0.5, 0.6) is 5.75 Å². The van der Waals surface area contributed by atoms with Crippen LogP contribution in [0.25, 0.3) is 16.6 Å². The SMILES string of the molecule is COc1ccc(-n2c([C@@H]3CCCN3C(=O)O)nc3c(C)cc(C#N)cc3c2=O)cc1. The van der Waals surface area contributed by atoms with Crippen molar-refractivity contribution in [3.8, 4) is 17.5 Å². The third kappa shape index (κ3) is 3.14. The second-order valence-electron chi connectivity index (χ2n) is 7.24. The molecule has 0 aliphatic carbocycles. The van der Waals surface area contributed by atoms with Crippen molar-refractivity contribution >= 4 is 17.0 Å². The molecule has 1 aliphatic rings. The van der Waals surface area contributed by atoms with E-state index >= 15 is 0 Å². The molecule has 0 radical (unpaired) electrons. The van der Waals surface area contributed by atoms with Crippen LogP contribution in [0.4, 0.5) is 4.79 Å². The number of hydrogen-bond acceptors (Lipinski definition) is 5. The molecule has 8 heteroatoms. The standard InChI is InChI=1S/C22H20N4O4/c1-13-10-14(12-23)11-17-19(13)24-20(18-4-3-9-25(18)22(28)29)26(21(17)27)15-5-7-16(30-2)8-6-15/h5-8,10-11,18H,3-4,9H2,1-2H3,(H,28,29)/t18-/m0/s1. The van der Waals surface area contributed by atoms with Gasteiger partial charge in [-0.3, -0.25) is 14.3 Å². The highest BCUT2D eigenvalue weighted by Gasteiger charge is 2.34. The maximum Gasteiger partial charge on any atom is 0.407 e. The Hall–Kier alpha value is -3.86. The molecule has 3 aromatic rings. The number of hydrogen-bond donors (Lipinski definition) is 1. The monoisotopic (exact) mass is 404 g/mol. The minimum Gasteiger partial charge on any atom is -0.497 e. The van der Waals surface area contributed by atoms with Gasteiger partial charge in [-0.05, 0) is 61.7 Å². The van der Waals surface area contributed by atoms with Crippen molar-refractivity contribution in [2.24, 2.45) is 0 Å². The van der Waals surface area contributed by atoms with Crippen LogP contribution in [-0.2, 0) is 0 Å². The second kappa shape index (κ2) is 7.52. The molecule has 152 valence electrons. The molecule has 0 saturated carbocycles. The van der Waals surface area contributed by atoms with Gasteiger partial charge in [0.15, 0.2) is 0 Å². The van der Waals surface area contributed by atoms with Crippen molar-refractivity contribution in [3.63, 3.8) is 0 Å². The molecule has 30 heavy (non-hydrogen) atoms. The molecule has 1 atom stereocenters. The molecular formula is C22H20N4O4. The van der Waals surface area contributed by atoms with Gasteiger partial charge >= 0.3 is 6.09 Å². The normalized spacial score (nSPS) is 15.9. The number of aryl methyl sites for hydroxylation is 1. The van der Waals surface area contributed by atoms with Crippen LogP contribution in [-0.4, -0.2) is 39.3 Å². The van der Waals surface area contributed by atoms with Crippen molar-refractivity contribution < 1.29 is 14.6 Å². The number of carboxylic acid groups (broad SMARTS) is 1. The molecule has 2 heterocycles. The summed E-state index contributed by atoms with van der Waals surface area (Å²) < 4.78 is 6.66. The van der Waals surface area contributed by atoms with Gasteiger partial charge in [0.25, 0.3) is 5.56 Å². The third-order valence-corrected chi connectivity index (χ3v) is 5.45. The zero-order valence-electron chi connectivity index (χ0n) is 16.6. The molecule has 0 spiro atoms. The molecule has 1 fully saturated rings. The van der Waals surface area contributed by atoms with E-state index in [-0.39, 0.29) is 5.56 Å². The third-order valence-electron chi connectivity index (χ3n) is 5.45. The Balaban J connectivity index is 2.05. The zero-order chi connectivity index (χ0) is 21.4. The number of carbonyl (C=O) groups is 1. The lowest BCUT2D eigenvalue weighted by atomic mass is 10.1. The van der Waals surface area contributed by atoms with Gasteiger partial charge in [0.1, 0.15) is 11.6 Å². The first-order valence-corrected chi connectivity index (χ1v) is 9.56. The predicted molar refractivity (Wildman–Crippen MR) is 110 cm³/mol. The summed E-state index contributed by atoms with van der Waals surface area (Å²) in [5.74, 6) is 1.02. The number of benzene rings is 2. The summed E-state index contributed by atoms with van der Waals surface area (Å²) >= 11 is 0. The molecule has 1 aromatic heterocycles. The van der Waals surface area contributed by atoms with E-state index in [2.05, 4.69) is 6.07 Å². The van der Waals surface area contributed by atoms with E-state index in [1.165, 1.54) is 15.5 Å². The van der Waals surface area contributed by atoms with E-state index in [1.54, 1.807) is 44.4 Å². The summed E-state index contributed by atoms with van der Waals surface area (Å²) in [7, 11) is 1.56. The number of nitriles is 1. The number of amides is 1. The quantitative estimate of drug-likeness (QED) is 0.717. The second-order valence-corrected chi connectivity index (χ2v) is 7.24. The van der Waals surface area contributed by atoms with Gasteiger partial charge < -0.3 is 9.84 Å². The Morgan fingerprint density at radius 2 is 2.03 bits per heavy atom. The number of likely N-dealkylation sites (tertiary alicyclic amines) is 1. The van der Waals surface area contributed by atoms with Crippen LogP contribution in [0.2, 0.25) is 0 Å². The topological polar surface area (TPSA) is 108 Å². The predicted octanol–water partition coefficient (Wildman–Crippen LogP) is 3.39. The summed E-state index contributed by atoms with van der Waals surface area (Å²) in [5, 5.41) is 19.3. The van der Waals surface area contributed by atoms with Crippen molar-refractivity contribution in [2.75, 3.05) is 13.7 Å². The van der Waals surface area contributed by atoms with Crippen LogP contribution in [0.15, 0.2) is 41.2 Å². The van der Waals surface area contributed by atoms with E-state index < -0.39 is 12.1 Å². The molecule has 1 aliphatic heterocycles. The van der Waals surface area contributed by atoms with Crippen LogP contribution in [0.3, 0.4) is 0 Å². The highest BCUT2D eigenvalue weighted by molar-refractivity contribution is 5.83. The number of fused-ring (bicyclic) bond motifs is 1. The van der Waals surface area contributed by atoms with Gasteiger partial charge in [-0.15, -0.1) is 0 Å². The first-order chi connectivity index (χ1) is 14.4. The lowest BCUT2D eigenvalue weighted by Gasteiger charge is -2.24. The van der Waals surface area contributed by atoms with Crippen LogP contribution < -0.4 is 10.3 Å². The van der Waals surface area contributed by atoms with Gasteiger partial charge in [0.05, 0.1) is 41.4 Å². The first kappa shape index (κ1) is 19.5. The molecular weight excluding hydrogens is 384 g/mol. The summed E-state index contributed by atoms with van der Waals surface area (Å²) in [4.78, 5) is 31.4. The molecule has 1 N–H and O–H groups in total. The smallest absolute Gasteiger partial charge is 0.407 e. The average molecular weight is 404 g/mol. The fraction of sp³-hybridized carbons (Fsp3) is 0.273. The van der Waals surface area contributed by atoms with Gasteiger partial charge in [-0.1, -0.05) is 0 Å². The van der Waals surface area contributed by atoms with Gasteiger partial charge in [-0.2, -0.15) is 5.26 Å². The highest BCUT2D eigenvalue weighted by Crippen LogP contribution is 2.33. The van der Waals surface area contributed by atoms with Crippen molar-refractivity contribution in [3.05, 3.63) is 63.7 Å². The molecule has 4 rings (SSSR count).